The quantitative estimate of drug-likeness (QED) is 0.706. The first kappa shape index (κ1) is 15.6. The van der Waals surface area contributed by atoms with E-state index >= 15 is 0 Å². The smallest absolute Gasteiger partial charge is 0.123 e. The van der Waals surface area contributed by atoms with Crippen LogP contribution in [0.3, 0.4) is 0 Å². The van der Waals surface area contributed by atoms with Gasteiger partial charge in [-0.05, 0) is 48.9 Å². The van der Waals surface area contributed by atoms with Crippen molar-refractivity contribution in [3.63, 3.8) is 0 Å². The summed E-state index contributed by atoms with van der Waals surface area (Å²) in [6.07, 6.45) is 8.33. The molecule has 1 saturated heterocycles. The summed E-state index contributed by atoms with van der Waals surface area (Å²) >= 11 is 0. The van der Waals surface area contributed by atoms with E-state index in [1.54, 1.807) is 6.07 Å². The first-order chi connectivity index (χ1) is 11.8. The molecule has 1 nitrogen and oxygen atoms in total. The van der Waals surface area contributed by atoms with Crippen LogP contribution in [0.25, 0.3) is 0 Å². The van der Waals surface area contributed by atoms with E-state index in [-0.39, 0.29) is 5.82 Å². The second-order valence-electron chi connectivity index (χ2n) is 7.15. The van der Waals surface area contributed by atoms with Crippen LogP contribution >= 0.6 is 0 Å². The lowest BCUT2D eigenvalue weighted by Crippen LogP contribution is -2.48. The molecule has 2 bridgehead atoms. The molecular formula is C22H24FN. The maximum Gasteiger partial charge on any atom is 0.123 e. The Balaban J connectivity index is 1.51. The molecule has 2 unspecified atom stereocenters. The van der Waals surface area contributed by atoms with Crippen molar-refractivity contribution in [3.05, 3.63) is 83.2 Å². The number of fused-ring (bicyclic) bond motifs is 2. The number of rotatable bonds is 4. The fraction of sp³-hybridized carbons (Fsp3) is 0.364. The van der Waals surface area contributed by atoms with Gasteiger partial charge in [-0.2, -0.15) is 0 Å². The first-order valence-electron chi connectivity index (χ1n) is 9.01. The average Bonchev–Trinajstić information content (AvgIpc) is 2.56. The van der Waals surface area contributed by atoms with Crippen LogP contribution in [0.2, 0.25) is 0 Å². The van der Waals surface area contributed by atoms with Gasteiger partial charge in [-0.1, -0.05) is 60.5 Å². The van der Waals surface area contributed by atoms with Crippen molar-refractivity contribution in [2.45, 2.75) is 50.7 Å². The van der Waals surface area contributed by atoms with Crippen molar-refractivity contribution >= 4 is 0 Å². The first-order valence-corrected chi connectivity index (χ1v) is 9.01. The topological polar surface area (TPSA) is 3.24 Å². The van der Waals surface area contributed by atoms with Gasteiger partial charge in [0.1, 0.15) is 5.82 Å². The molecule has 2 atom stereocenters. The zero-order valence-electron chi connectivity index (χ0n) is 14.0. The van der Waals surface area contributed by atoms with Gasteiger partial charge < -0.3 is 0 Å². The molecule has 2 aromatic rings. The lowest BCUT2D eigenvalue weighted by atomic mass is 9.83. The van der Waals surface area contributed by atoms with E-state index in [4.69, 9.17) is 0 Å². The van der Waals surface area contributed by atoms with Crippen LogP contribution in [-0.2, 0) is 13.0 Å². The second-order valence-corrected chi connectivity index (χ2v) is 7.15. The molecule has 2 aromatic carbocycles. The predicted molar refractivity (Wildman–Crippen MR) is 96.2 cm³/mol. The molecule has 2 aliphatic rings. The van der Waals surface area contributed by atoms with Crippen LogP contribution in [0, 0.1) is 5.82 Å². The zero-order chi connectivity index (χ0) is 16.4. The van der Waals surface area contributed by atoms with Crippen LogP contribution in [0.4, 0.5) is 4.39 Å². The lowest BCUT2D eigenvalue weighted by molar-refractivity contribution is 0.0880. The summed E-state index contributed by atoms with van der Waals surface area (Å²) in [6.45, 7) is 1.04. The molecule has 4 rings (SSSR count). The Hall–Kier alpha value is -1.93. The van der Waals surface area contributed by atoms with Crippen molar-refractivity contribution in [2.24, 2.45) is 0 Å². The molecule has 2 heteroatoms. The summed E-state index contributed by atoms with van der Waals surface area (Å²) in [5, 5.41) is 0. The number of benzene rings is 2. The molecule has 2 aliphatic heterocycles. The third kappa shape index (κ3) is 3.44. The summed E-state index contributed by atoms with van der Waals surface area (Å²) in [7, 11) is 0. The SMILES string of the molecule is Fc1cccc(CC2=CC3CCCC(C2)N3Cc2ccccc2)c1. The van der Waals surface area contributed by atoms with Gasteiger partial charge in [0.2, 0.25) is 0 Å². The van der Waals surface area contributed by atoms with Gasteiger partial charge >= 0.3 is 0 Å². The molecule has 124 valence electrons. The maximum atomic E-state index is 13.4. The Labute approximate surface area is 143 Å². The van der Waals surface area contributed by atoms with Crippen LogP contribution in [-0.4, -0.2) is 17.0 Å². The summed E-state index contributed by atoms with van der Waals surface area (Å²) < 4.78 is 13.4. The van der Waals surface area contributed by atoms with Crippen LogP contribution < -0.4 is 0 Å². The van der Waals surface area contributed by atoms with Crippen molar-refractivity contribution in [1.82, 2.24) is 4.90 Å². The molecule has 0 N–H and O–H groups in total. The van der Waals surface area contributed by atoms with E-state index in [0.29, 0.717) is 12.1 Å². The number of piperidine rings is 1. The van der Waals surface area contributed by atoms with Gasteiger partial charge in [0.15, 0.2) is 0 Å². The van der Waals surface area contributed by atoms with Crippen molar-refractivity contribution in [2.75, 3.05) is 0 Å². The molecule has 1 fully saturated rings. The van der Waals surface area contributed by atoms with Crippen molar-refractivity contribution < 1.29 is 4.39 Å². The van der Waals surface area contributed by atoms with Crippen LogP contribution in [0.5, 0.6) is 0 Å². The maximum absolute atomic E-state index is 13.4. The Kier molecular flexibility index (Phi) is 4.48. The minimum Gasteiger partial charge on any atom is -0.289 e. The number of hydrogen-bond acceptors (Lipinski definition) is 1. The van der Waals surface area contributed by atoms with Gasteiger partial charge in [0.25, 0.3) is 0 Å². The summed E-state index contributed by atoms with van der Waals surface area (Å²) in [5.74, 6) is -0.130. The van der Waals surface area contributed by atoms with Gasteiger partial charge in [0.05, 0.1) is 0 Å². The third-order valence-electron chi connectivity index (χ3n) is 5.39. The zero-order valence-corrected chi connectivity index (χ0v) is 14.0. The van der Waals surface area contributed by atoms with E-state index in [1.807, 2.05) is 12.1 Å². The van der Waals surface area contributed by atoms with E-state index < -0.39 is 0 Å². The highest BCUT2D eigenvalue weighted by Crippen LogP contribution is 2.35. The highest BCUT2D eigenvalue weighted by molar-refractivity contribution is 5.27. The molecule has 2 heterocycles. The van der Waals surface area contributed by atoms with Gasteiger partial charge in [-0.3, -0.25) is 4.90 Å². The summed E-state index contributed by atoms with van der Waals surface area (Å²) in [4.78, 5) is 2.67. The molecular weight excluding hydrogens is 297 g/mol. The predicted octanol–water partition coefficient (Wildman–Crippen LogP) is 5.12. The molecule has 0 aromatic heterocycles. The Morgan fingerprint density at radius 1 is 0.958 bits per heavy atom. The lowest BCUT2D eigenvalue weighted by Gasteiger charge is -2.45. The Morgan fingerprint density at radius 3 is 2.58 bits per heavy atom. The Bertz CT molecular complexity index is 722. The van der Waals surface area contributed by atoms with Gasteiger partial charge in [-0.25, -0.2) is 4.39 Å². The fourth-order valence-corrected chi connectivity index (χ4v) is 4.29. The van der Waals surface area contributed by atoms with Crippen molar-refractivity contribution in [1.29, 1.82) is 0 Å². The molecule has 0 aliphatic carbocycles. The van der Waals surface area contributed by atoms with E-state index in [9.17, 15) is 4.39 Å². The van der Waals surface area contributed by atoms with Crippen molar-refractivity contribution in [3.8, 4) is 0 Å². The number of nitrogens with zero attached hydrogens (tertiary/aromatic N) is 1. The number of halogens is 1. The highest BCUT2D eigenvalue weighted by atomic mass is 19.1. The van der Waals surface area contributed by atoms with Crippen LogP contribution in [0.15, 0.2) is 66.2 Å². The highest BCUT2D eigenvalue weighted by Gasteiger charge is 2.33. The van der Waals surface area contributed by atoms with Gasteiger partial charge in [-0.15, -0.1) is 0 Å². The van der Waals surface area contributed by atoms with E-state index in [2.05, 4.69) is 41.3 Å². The molecule has 24 heavy (non-hydrogen) atoms. The second kappa shape index (κ2) is 6.90. The largest absolute Gasteiger partial charge is 0.289 e. The normalized spacial score (nSPS) is 23.8. The summed E-state index contributed by atoms with van der Waals surface area (Å²) in [5.41, 5.74) is 3.98. The third-order valence-corrected chi connectivity index (χ3v) is 5.39. The fourth-order valence-electron chi connectivity index (χ4n) is 4.29. The molecule has 0 spiro atoms. The molecule has 0 radical (unpaired) electrons. The summed E-state index contributed by atoms with van der Waals surface area (Å²) in [6, 6.07) is 19.0. The van der Waals surface area contributed by atoms with Gasteiger partial charge in [0, 0.05) is 18.6 Å². The van der Waals surface area contributed by atoms with E-state index in [0.717, 1.165) is 24.9 Å². The standard InChI is InChI=1S/C22H24FN/c23-20-9-4-8-18(13-20)12-19-14-21-10-5-11-22(15-19)24(21)16-17-6-2-1-3-7-17/h1-4,6-9,13-14,21-22H,5,10-12,15-16H2. The monoisotopic (exact) mass is 321 g/mol. The van der Waals surface area contributed by atoms with E-state index in [1.165, 1.54) is 36.5 Å². The Morgan fingerprint density at radius 2 is 1.79 bits per heavy atom. The minimum atomic E-state index is -0.130. The minimum absolute atomic E-state index is 0.130. The molecule has 0 saturated carbocycles. The molecule has 0 amide bonds. The van der Waals surface area contributed by atoms with Crippen LogP contribution in [0.1, 0.15) is 36.8 Å². The number of hydrogen-bond donors (Lipinski definition) is 0. The average molecular weight is 321 g/mol.